The summed E-state index contributed by atoms with van der Waals surface area (Å²) in [5, 5.41) is 11.6. The highest BCUT2D eigenvalue weighted by atomic mass is 35.5. The lowest BCUT2D eigenvalue weighted by Crippen LogP contribution is -2.46. The Morgan fingerprint density at radius 1 is 1.00 bits per heavy atom. The highest BCUT2D eigenvalue weighted by Gasteiger charge is 2.20. The molecule has 3 rings (SSSR count). The van der Waals surface area contributed by atoms with Gasteiger partial charge in [0.1, 0.15) is 18.5 Å². The summed E-state index contributed by atoms with van der Waals surface area (Å²) in [6, 6.07) is 11.0. The number of benzene rings is 2. The van der Waals surface area contributed by atoms with E-state index in [9.17, 15) is 5.11 Å². The molecule has 1 fully saturated rings. The molecule has 1 atom stereocenters. The molecule has 1 N–H and O–H groups in total. The molecule has 1 aliphatic heterocycles. The summed E-state index contributed by atoms with van der Waals surface area (Å²) in [6.45, 7) is 6.13. The minimum absolute atomic E-state index is 0.174. The van der Waals surface area contributed by atoms with Gasteiger partial charge in [-0.1, -0.05) is 29.3 Å². The Kier molecular flexibility index (Phi) is 8.48. The molecule has 0 aromatic heterocycles. The molecular weight excluding hydrogens is 427 g/mol. The van der Waals surface area contributed by atoms with Crippen molar-refractivity contribution in [2.24, 2.45) is 0 Å². The molecule has 30 heavy (non-hydrogen) atoms. The van der Waals surface area contributed by atoms with Gasteiger partial charge in [-0.25, -0.2) is 0 Å². The Morgan fingerprint density at radius 2 is 1.83 bits per heavy atom. The number of piperazine rings is 1. The molecule has 0 saturated carbocycles. The van der Waals surface area contributed by atoms with E-state index in [2.05, 4.69) is 16.3 Å². The van der Waals surface area contributed by atoms with Gasteiger partial charge in [-0.15, -0.1) is 0 Å². The lowest BCUT2D eigenvalue weighted by atomic mass is 10.2. The van der Waals surface area contributed by atoms with Crippen LogP contribution < -0.4 is 14.2 Å². The van der Waals surface area contributed by atoms with Crippen LogP contribution in [0.15, 0.2) is 36.4 Å². The number of hydrogen-bond acceptors (Lipinski definition) is 6. The van der Waals surface area contributed by atoms with Crippen molar-refractivity contribution in [1.29, 1.82) is 0 Å². The Bertz CT molecular complexity index is 829. The van der Waals surface area contributed by atoms with Crippen molar-refractivity contribution in [3.05, 3.63) is 58.6 Å². The minimum atomic E-state index is -0.615. The van der Waals surface area contributed by atoms with Crippen LogP contribution in [0.4, 0.5) is 0 Å². The van der Waals surface area contributed by atoms with Crippen LogP contribution in [0.2, 0.25) is 10.0 Å². The summed E-state index contributed by atoms with van der Waals surface area (Å²) in [4.78, 5) is 4.45. The molecular formula is C22H27Cl2N2O4. The fourth-order valence-corrected chi connectivity index (χ4v) is 3.62. The first-order valence-electron chi connectivity index (χ1n) is 9.75. The molecule has 1 aliphatic rings. The van der Waals surface area contributed by atoms with E-state index in [4.69, 9.17) is 37.4 Å². The number of methoxy groups -OCH3 is 2. The third kappa shape index (κ3) is 6.40. The Hall–Kier alpha value is -1.70. The van der Waals surface area contributed by atoms with Crippen molar-refractivity contribution in [3.8, 4) is 17.2 Å². The number of halogens is 2. The smallest absolute Gasteiger partial charge is 0.164 e. The first-order valence-corrected chi connectivity index (χ1v) is 10.5. The quantitative estimate of drug-likeness (QED) is 0.624. The molecule has 8 heteroatoms. The predicted molar refractivity (Wildman–Crippen MR) is 119 cm³/mol. The normalized spacial score (nSPS) is 16.3. The molecule has 0 aliphatic carbocycles. The molecule has 1 radical (unpaired) electrons. The molecule has 1 saturated heterocycles. The van der Waals surface area contributed by atoms with E-state index in [1.807, 2.05) is 18.2 Å². The molecule has 1 unspecified atom stereocenters. The summed E-state index contributed by atoms with van der Waals surface area (Å²) in [5.74, 6) is 1.83. The lowest BCUT2D eigenvalue weighted by molar-refractivity contribution is 0.0541. The van der Waals surface area contributed by atoms with E-state index in [1.54, 1.807) is 32.4 Å². The molecule has 2 aromatic rings. The SMILES string of the molecule is COc1ccc(OC)c(OCC(O)CN2C[CH]N(Cc3ccc(Cl)c(Cl)c3)CC2)c1. The highest BCUT2D eigenvalue weighted by molar-refractivity contribution is 6.42. The monoisotopic (exact) mass is 453 g/mol. The molecule has 0 amide bonds. The number of hydrogen-bond donors (Lipinski definition) is 1. The van der Waals surface area contributed by atoms with Crippen LogP contribution in [-0.4, -0.2) is 68.0 Å². The van der Waals surface area contributed by atoms with Crippen molar-refractivity contribution >= 4 is 23.2 Å². The van der Waals surface area contributed by atoms with Crippen molar-refractivity contribution in [3.63, 3.8) is 0 Å². The Balaban J connectivity index is 1.43. The van der Waals surface area contributed by atoms with Crippen LogP contribution in [0.25, 0.3) is 0 Å². The van der Waals surface area contributed by atoms with Crippen LogP contribution in [0.1, 0.15) is 5.56 Å². The van der Waals surface area contributed by atoms with Crippen molar-refractivity contribution in [2.45, 2.75) is 12.6 Å². The van der Waals surface area contributed by atoms with Gasteiger partial charge in [0, 0.05) is 45.3 Å². The second-order valence-electron chi connectivity index (χ2n) is 7.14. The second-order valence-corrected chi connectivity index (χ2v) is 7.96. The largest absolute Gasteiger partial charge is 0.497 e. The number of nitrogens with zero attached hydrogens (tertiary/aromatic N) is 2. The van der Waals surface area contributed by atoms with Gasteiger partial charge in [0.2, 0.25) is 0 Å². The number of aliphatic hydroxyl groups excluding tert-OH is 1. The van der Waals surface area contributed by atoms with Crippen molar-refractivity contribution < 1.29 is 19.3 Å². The Morgan fingerprint density at radius 3 is 2.50 bits per heavy atom. The van der Waals surface area contributed by atoms with Gasteiger partial charge in [0.05, 0.1) is 24.3 Å². The summed E-state index contributed by atoms with van der Waals surface area (Å²) in [5.41, 5.74) is 1.12. The number of ether oxygens (including phenoxy) is 3. The summed E-state index contributed by atoms with van der Waals surface area (Å²) < 4.78 is 16.3. The first-order chi connectivity index (χ1) is 14.5. The van der Waals surface area contributed by atoms with Gasteiger partial charge in [-0.3, -0.25) is 9.80 Å². The average Bonchev–Trinajstić information content (AvgIpc) is 2.76. The van der Waals surface area contributed by atoms with Crippen molar-refractivity contribution in [2.75, 3.05) is 47.0 Å². The van der Waals surface area contributed by atoms with E-state index in [1.165, 1.54) is 0 Å². The third-order valence-electron chi connectivity index (χ3n) is 4.94. The summed E-state index contributed by atoms with van der Waals surface area (Å²) >= 11 is 12.1. The lowest BCUT2D eigenvalue weighted by Gasteiger charge is -2.35. The number of aliphatic hydroxyl groups is 1. The van der Waals surface area contributed by atoms with Crippen LogP contribution in [0, 0.1) is 6.54 Å². The fourth-order valence-electron chi connectivity index (χ4n) is 3.30. The van der Waals surface area contributed by atoms with Gasteiger partial charge in [-0.2, -0.15) is 0 Å². The number of rotatable bonds is 9. The maximum Gasteiger partial charge on any atom is 0.164 e. The molecule has 2 aromatic carbocycles. The van der Waals surface area contributed by atoms with Gasteiger partial charge in [0.25, 0.3) is 0 Å². The maximum absolute atomic E-state index is 10.4. The summed E-state index contributed by atoms with van der Waals surface area (Å²) in [7, 11) is 3.18. The highest BCUT2D eigenvalue weighted by Crippen LogP contribution is 2.31. The standard InChI is InChI=1S/C22H27Cl2N2O4/c1-28-18-4-6-21(29-2)22(12-18)30-15-17(27)14-26-9-7-25(8-10-26)13-16-3-5-19(23)20(24)11-16/h3-7,11-12,17,27H,8-10,13-15H2,1-2H3. The molecule has 163 valence electrons. The maximum atomic E-state index is 10.4. The van der Waals surface area contributed by atoms with Gasteiger partial charge in [-0.05, 0) is 29.8 Å². The zero-order valence-corrected chi connectivity index (χ0v) is 18.7. The van der Waals surface area contributed by atoms with Gasteiger partial charge in [0.15, 0.2) is 11.5 Å². The third-order valence-corrected chi connectivity index (χ3v) is 5.68. The fraction of sp³-hybridized carbons (Fsp3) is 0.409. The zero-order valence-electron chi connectivity index (χ0n) is 17.2. The molecule has 6 nitrogen and oxygen atoms in total. The molecule has 1 heterocycles. The molecule has 0 spiro atoms. The van der Waals surface area contributed by atoms with E-state index in [-0.39, 0.29) is 6.61 Å². The molecule has 0 bridgehead atoms. The second kappa shape index (κ2) is 11.1. The zero-order chi connectivity index (χ0) is 21.5. The van der Waals surface area contributed by atoms with Gasteiger partial charge < -0.3 is 19.3 Å². The van der Waals surface area contributed by atoms with Crippen LogP contribution in [-0.2, 0) is 6.54 Å². The Labute approximate surface area is 187 Å². The van der Waals surface area contributed by atoms with Crippen LogP contribution >= 0.6 is 23.2 Å². The average molecular weight is 454 g/mol. The van der Waals surface area contributed by atoms with Crippen LogP contribution in [0.5, 0.6) is 17.2 Å². The van der Waals surface area contributed by atoms with E-state index >= 15 is 0 Å². The minimum Gasteiger partial charge on any atom is -0.497 e. The first kappa shape index (κ1) is 23.0. The topological polar surface area (TPSA) is 54.4 Å². The van der Waals surface area contributed by atoms with E-state index in [0.29, 0.717) is 33.8 Å². The summed E-state index contributed by atoms with van der Waals surface area (Å²) in [6.07, 6.45) is -0.615. The van der Waals surface area contributed by atoms with E-state index in [0.717, 1.165) is 31.7 Å². The van der Waals surface area contributed by atoms with Crippen LogP contribution in [0.3, 0.4) is 0 Å². The van der Waals surface area contributed by atoms with Crippen molar-refractivity contribution in [1.82, 2.24) is 9.80 Å². The predicted octanol–water partition coefficient (Wildman–Crippen LogP) is 3.73. The van der Waals surface area contributed by atoms with Gasteiger partial charge >= 0.3 is 0 Å². The van der Waals surface area contributed by atoms with E-state index < -0.39 is 6.10 Å². The number of β-amino-alcohol motifs (C(OH)–C–C–N with tert-alkyl or cyclic N) is 1.